The fourth-order valence-electron chi connectivity index (χ4n) is 2.24. The molecule has 0 aliphatic rings. The van der Waals surface area contributed by atoms with Crippen molar-refractivity contribution >= 4 is 11.7 Å². The smallest absolute Gasteiger partial charge is 0.227 e. The molecule has 3 heteroatoms. The van der Waals surface area contributed by atoms with Gasteiger partial charge in [-0.25, -0.2) is 0 Å². The third kappa shape index (κ3) is 8.28. The number of rotatable bonds is 11. The van der Waals surface area contributed by atoms with Crippen LogP contribution in [0, 0.1) is 0 Å². The van der Waals surface area contributed by atoms with Crippen LogP contribution in [0.1, 0.15) is 68.6 Å². The second-order valence-electron chi connectivity index (χ2n) is 5.44. The van der Waals surface area contributed by atoms with Gasteiger partial charge in [0.1, 0.15) is 0 Å². The molecule has 0 atom stereocenters. The molecule has 1 aromatic carbocycles. The maximum absolute atomic E-state index is 11.8. The van der Waals surface area contributed by atoms with Gasteiger partial charge in [-0.1, -0.05) is 75.8 Å². The van der Waals surface area contributed by atoms with E-state index in [4.69, 9.17) is 0 Å². The molecule has 1 amide bonds. The van der Waals surface area contributed by atoms with Gasteiger partial charge in [-0.2, -0.15) is 0 Å². The van der Waals surface area contributed by atoms with Crippen molar-refractivity contribution in [2.45, 2.75) is 58.3 Å². The summed E-state index contributed by atoms with van der Waals surface area (Å²) >= 11 is 0. The van der Waals surface area contributed by atoms with Crippen molar-refractivity contribution in [1.29, 1.82) is 0 Å². The highest BCUT2D eigenvalue weighted by atomic mass is 16.2. The number of hydrogen-bond acceptors (Lipinski definition) is 2. The van der Waals surface area contributed by atoms with E-state index in [1.54, 1.807) is 12.1 Å². The average molecular weight is 289 g/mol. The Balaban J connectivity index is 2.05. The van der Waals surface area contributed by atoms with E-state index in [0.29, 0.717) is 12.1 Å². The number of carbonyl (C=O) groups excluding carboxylic acids is 2. The molecule has 1 aromatic rings. The molecular formula is C18H27NO2. The van der Waals surface area contributed by atoms with Gasteiger partial charge < -0.3 is 5.32 Å². The Morgan fingerprint density at radius 1 is 0.905 bits per heavy atom. The van der Waals surface area contributed by atoms with Gasteiger partial charge in [0.2, 0.25) is 5.91 Å². The maximum atomic E-state index is 11.8. The Bertz CT molecular complexity index is 414. The molecule has 0 aromatic heterocycles. The molecule has 0 radical (unpaired) electrons. The van der Waals surface area contributed by atoms with Crippen molar-refractivity contribution in [3.05, 3.63) is 35.9 Å². The number of Topliss-reactive ketones (excluding diaryl/α,β-unsaturated/α-hetero) is 1. The quantitative estimate of drug-likeness (QED) is 0.378. The maximum Gasteiger partial charge on any atom is 0.227 e. The van der Waals surface area contributed by atoms with Crippen LogP contribution < -0.4 is 5.32 Å². The summed E-state index contributed by atoms with van der Waals surface area (Å²) in [6.07, 6.45) is 8.51. The number of ketones is 1. The van der Waals surface area contributed by atoms with Crippen molar-refractivity contribution in [2.24, 2.45) is 0 Å². The van der Waals surface area contributed by atoms with Gasteiger partial charge in [0.25, 0.3) is 0 Å². The molecule has 116 valence electrons. The second-order valence-corrected chi connectivity index (χ2v) is 5.44. The lowest BCUT2D eigenvalue weighted by Crippen LogP contribution is -2.26. The summed E-state index contributed by atoms with van der Waals surface area (Å²) in [5.74, 6) is -0.289. The first kappa shape index (κ1) is 17.4. The molecule has 1 rings (SSSR count). The van der Waals surface area contributed by atoms with Gasteiger partial charge in [-0.05, 0) is 6.42 Å². The summed E-state index contributed by atoms with van der Waals surface area (Å²) in [4.78, 5) is 23.5. The highest BCUT2D eigenvalue weighted by Crippen LogP contribution is 2.06. The standard InChI is InChI=1S/C18H27NO2/c1-2-3-4-5-6-7-11-14-19-18(21)15-17(20)16-12-9-8-10-13-16/h8-10,12-13H,2-7,11,14-15H2,1H3,(H,19,21). The second kappa shape index (κ2) is 11.1. The minimum absolute atomic E-state index is 0.0550. The molecule has 0 saturated carbocycles. The van der Waals surface area contributed by atoms with E-state index in [-0.39, 0.29) is 18.1 Å². The molecular weight excluding hydrogens is 262 g/mol. The first-order chi connectivity index (χ1) is 10.2. The largest absolute Gasteiger partial charge is 0.356 e. The van der Waals surface area contributed by atoms with Gasteiger partial charge in [0.15, 0.2) is 5.78 Å². The summed E-state index contributed by atoms with van der Waals surface area (Å²) in [7, 11) is 0. The number of nitrogens with one attached hydrogen (secondary N) is 1. The predicted molar refractivity (Wildman–Crippen MR) is 86.4 cm³/mol. The fourth-order valence-corrected chi connectivity index (χ4v) is 2.24. The minimum atomic E-state index is -0.171. The van der Waals surface area contributed by atoms with Crippen LogP contribution >= 0.6 is 0 Å². The summed E-state index contributed by atoms with van der Waals surface area (Å²) in [5.41, 5.74) is 0.601. The topological polar surface area (TPSA) is 46.2 Å². The number of hydrogen-bond donors (Lipinski definition) is 1. The molecule has 3 nitrogen and oxygen atoms in total. The van der Waals surface area contributed by atoms with Gasteiger partial charge in [-0.3, -0.25) is 9.59 Å². The number of benzene rings is 1. The Morgan fingerprint density at radius 2 is 1.52 bits per heavy atom. The molecule has 21 heavy (non-hydrogen) atoms. The van der Waals surface area contributed by atoms with Crippen LogP contribution in [0.5, 0.6) is 0 Å². The molecule has 0 aliphatic carbocycles. The molecule has 0 bridgehead atoms. The van der Waals surface area contributed by atoms with Gasteiger partial charge in [0, 0.05) is 12.1 Å². The highest BCUT2D eigenvalue weighted by Gasteiger charge is 2.10. The van der Waals surface area contributed by atoms with Gasteiger partial charge in [0.05, 0.1) is 6.42 Å². The van der Waals surface area contributed by atoms with Crippen molar-refractivity contribution in [3.8, 4) is 0 Å². The van der Waals surface area contributed by atoms with Crippen LogP contribution in [-0.2, 0) is 4.79 Å². The Hall–Kier alpha value is -1.64. The predicted octanol–water partition coefficient (Wildman–Crippen LogP) is 4.13. The van der Waals surface area contributed by atoms with Crippen LogP contribution in [0.15, 0.2) is 30.3 Å². The number of carbonyl (C=O) groups is 2. The first-order valence-corrected chi connectivity index (χ1v) is 8.09. The molecule has 0 heterocycles. The average Bonchev–Trinajstić information content (AvgIpc) is 2.50. The summed E-state index contributed by atoms with van der Waals surface area (Å²) < 4.78 is 0. The molecule has 0 fully saturated rings. The third-order valence-corrected chi connectivity index (χ3v) is 3.52. The zero-order chi connectivity index (χ0) is 15.3. The van der Waals surface area contributed by atoms with Crippen molar-refractivity contribution in [2.75, 3.05) is 6.54 Å². The van der Waals surface area contributed by atoms with E-state index in [1.165, 1.54) is 32.1 Å². The van der Waals surface area contributed by atoms with Crippen LogP contribution in [0.2, 0.25) is 0 Å². The lowest BCUT2D eigenvalue weighted by atomic mass is 10.1. The SMILES string of the molecule is CCCCCCCCCNC(=O)CC(=O)c1ccccc1. The normalized spacial score (nSPS) is 10.3. The number of unbranched alkanes of at least 4 members (excludes halogenated alkanes) is 6. The van der Waals surface area contributed by atoms with E-state index >= 15 is 0 Å². The fraction of sp³-hybridized carbons (Fsp3) is 0.556. The summed E-state index contributed by atoms with van der Waals surface area (Å²) in [5, 5.41) is 2.83. The van der Waals surface area contributed by atoms with Crippen LogP contribution in [0.25, 0.3) is 0 Å². The van der Waals surface area contributed by atoms with Crippen molar-refractivity contribution in [1.82, 2.24) is 5.32 Å². The molecule has 0 unspecified atom stereocenters. The van der Waals surface area contributed by atoms with Crippen LogP contribution in [-0.4, -0.2) is 18.2 Å². The number of amides is 1. The van der Waals surface area contributed by atoms with Gasteiger partial charge in [-0.15, -0.1) is 0 Å². The first-order valence-electron chi connectivity index (χ1n) is 8.09. The van der Waals surface area contributed by atoms with Gasteiger partial charge >= 0.3 is 0 Å². The monoisotopic (exact) mass is 289 g/mol. The van der Waals surface area contributed by atoms with E-state index in [9.17, 15) is 9.59 Å². The lowest BCUT2D eigenvalue weighted by molar-refractivity contribution is -0.120. The van der Waals surface area contributed by atoms with Crippen molar-refractivity contribution in [3.63, 3.8) is 0 Å². The summed E-state index contributed by atoms with van der Waals surface area (Å²) in [6.45, 7) is 2.89. The summed E-state index contributed by atoms with van der Waals surface area (Å²) in [6, 6.07) is 8.96. The molecule has 0 aliphatic heterocycles. The highest BCUT2D eigenvalue weighted by molar-refractivity contribution is 6.07. The zero-order valence-corrected chi connectivity index (χ0v) is 13.1. The van der Waals surface area contributed by atoms with Crippen molar-refractivity contribution < 1.29 is 9.59 Å². The molecule has 0 spiro atoms. The Kier molecular flexibility index (Phi) is 9.18. The lowest BCUT2D eigenvalue weighted by Gasteiger charge is -2.05. The zero-order valence-electron chi connectivity index (χ0n) is 13.1. The third-order valence-electron chi connectivity index (χ3n) is 3.52. The van der Waals surface area contributed by atoms with E-state index < -0.39 is 0 Å². The molecule has 1 N–H and O–H groups in total. The van der Waals surface area contributed by atoms with Crippen LogP contribution in [0.4, 0.5) is 0 Å². The molecule has 0 saturated heterocycles. The van der Waals surface area contributed by atoms with E-state index in [1.807, 2.05) is 18.2 Å². The van der Waals surface area contributed by atoms with E-state index in [2.05, 4.69) is 12.2 Å². The Labute approximate surface area is 128 Å². The van der Waals surface area contributed by atoms with E-state index in [0.717, 1.165) is 12.8 Å². The Morgan fingerprint density at radius 3 is 2.19 bits per heavy atom. The minimum Gasteiger partial charge on any atom is -0.356 e. The van der Waals surface area contributed by atoms with Crippen LogP contribution in [0.3, 0.4) is 0 Å².